The van der Waals surface area contributed by atoms with Gasteiger partial charge in [0.1, 0.15) is 31.0 Å². The number of benzene rings is 2. The predicted octanol–water partition coefficient (Wildman–Crippen LogP) is 1.87. The summed E-state index contributed by atoms with van der Waals surface area (Å²) in [7, 11) is 0. The van der Waals surface area contributed by atoms with Crippen LogP contribution in [0.4, 0.5) is 4.79 Å². The van der Waals surface area contributed by atoms with Crippen molar-refractivity contribution < 1.29 is 28.7 Å². The van der Waals surface area contributed by atoms with E-state index < -0.39 is 36.0 Å². The third kappa shape index (κ3) is 11.2. The topological polar surface area (TPSA) is 143 Å². The number of rotatable bonds is 14. The summed E-state index contributed by atoms with van der Waals surface area (Å²) in [6, 6.07) is 15.2. The molecule has 0 saturated carbocycles. The molecule has 0 aliphatic heterocycles. The Morgan fingerprint density at radius 3 is 1.95 bits per heavy atom. The molecule has 38 heavy (non-hydrogen) atoms. The fraction of sp³-hybridized carbons (Fsp3) is 0.393. The van der Waals surface area contributed by atoms with E-state index in [1.807, 2.05) is 74.5 Å². The van der Waals surface area contributed by atoms with Crippen molar-refractivity contribution in [1.82, 2.24) is 21.3 Å². The first-order valence-corrected chi connectivity index (χ1v) is 12.5. The summed E-state index contributed by atoms with van der Waals surface area (Å²) in [5.41, 5.74) is 1.59. The molecule has 0 bridgehead atoms. The van der Waals surface area contributed by atoms with Crippen molar-refractivity contribution in [3.05, 3.63) is 71.8 Å². The average Bonchev–Trinajstić information content (AvgIpc) is 2.89. The second kappa shape index (κ2) is 15.8. The van der Waals surface area contributed by atoms with E-state index in [0.29, 0.717) is 12.7 Å². The van der Waals surface area contributed by atoms with E-state index >= 15 is 0 Å². The zero-order valence-electron chi connectivity index (χ0n) is 21.9. The van der Waals surface area contributed by atoms with Gasteiger partial charge in [-0.2, -0.15) is 0 Å². The second-order valence-corrected chi connectivity index (χ2v) is 9.33. The van der Waals surface area contributed by atoms with Crippen molar-refractivity contribution in [3.8, 4) is 0 Å². The third-order valence-corrected chi connectivity index (χ3v) is 5.51. The molecular weight excluding hydrogens is 488 g/mol. The maximum atomic E-state index is 13.3. The Kier molecular flexibility index (Phi) is 12.5. The highest BCUT2D eigenvalue weighted by Crippen LogP contribution is 2.09. The molecule has 0 saturated heterocycles. The lowest BCUT2D eigenvalue weighted by Crippen LogP contribution is -2.57. The first kappa shape index (κ1) is 30.0. The lowest BCUT2D eigenvalue weighted by molar-refractivity contribution is -0.131. The highest BCUT2D eigenvalue weighted by Gasteiger charge is 2.29. The standard InChI is InChI=1S/C28H36N4O6/c1-19(2)14-24(32-28(37)38-18-22-12-8-5-9-13-22)27(36)31-25(15-21-10-6-4-7-11-21)26(35)30-23(17-33)16-29-20(3)34/h4-13,17,19,23-25H,14-16,18H2,1-3H3,(H,29,34)(H,30,35)(H,31,36)(H,32,37)/t23?,24-,25-/m0/s1. The van der Waals surface area contributed by atoms with Crippen LogP contribution in [0.2, 0.25) is 0 Å². The van der Waals surface area contributed by atoms with Gasteiger partial charge in [0.2, 0.25) is 17.7 Å². The van der Waals surface area contributed by atoms with Gasteiger partial charge >= 0.3 is 6.09 Å². The van der Waals surface area contributed by atoms with E-state index in [9.17, 15) is 24.0 Å². The van der Waals surface area contributed by atoms with Crippen LogP contribution in [0.3, 0.4) is 0 Å². The number of hydrogen-bond acceptors (Lipinski definition) is 6. The van der Waals surface area contributed by atoms with Gasteiger partial charge in [0.15, 0.2) is 0 Å². The molecule has 0 spiro atoms. The summed E-state index contributed by atoms with van der Waals surface area (Å²) in [6.45, 7) is 5.07. The van der Waals surface area contributed by atoms with Crippen LogP contribution in [0.1, 0.15) is 38.3 Å². The van der Waals surface area contributed by atoms with E-state index in [2.05, 4.69) is 21.3 Å². The molecule has 0 heterocycles. The zero-order valence-corrected chi connectivity index (χ0v) is 21.9. The second-order valence-electron chi connectivity index (χ2n) is 9.33. The Morgan fingerprint density at radius 2 is 1.39 bits per heavy atom. The smallest absolute Gasteiger partial charge is 0.408 e. The lowest BCUT2D eigenvalue weighted by Gasteiger charge is -2.25. The zero-order chi connectivity index (χ0) is 27.9. The largest absolute Gasteiger partial charge is 0.445 e. The molecule has 0 aliphatic rings. The van der Waals surface area contributed by atoms with Gasteiger partial charge in [-0.05, 0) is 23.5 Å². The van der Waals surface area contributed by atoms with E-state index in [1.165, 1.54) is 6.92 Å². The van der Waals surface area contributed by atoms with Gasteiger partial charge in [-0.25, -0.2) is 4.79 Å². The minimum Gasteiger partial charge on any atom is -0.445 e. The van der Waals surface area contributed by atoms with Crippen LogP contribution < -0.4 is 21.3 Å². The van der Waals surface area contributed by atoms with Crippen LogP contribution in [0.15, 0.2) is 60.7 Å². The molecule has 4 amide bonds. The molecule has 3 atom stereocenters. The molecule has 0 aromatic heterocycles. The number of hydrogen-bond donors (Lipinski definition) is 4. The molecule has 10 nitrogen and oxygen atoms in total. The average molecular weight is 525 g/mol. The molecule has 2 rings (SSSR count). The van der Waals surface area contributed by atoms with Crippen LogP contribution in [0, 0.1) is 5.92 Å². The molecule has 2 aromatic rings. The normalized spacial score (nSPS) is 12.9. The minimum atomic E-state index is -1.04. The van der Waals surface area contributed by atoms with E-state index in [-0.39, 0.29) is 31.4 Å². The Bertz CT molecular complexity index is 1060. The minimum absolute atomic E-state index is 0.0448. The Balaban J connectivity index is 2.12. The quantitative estimate of drug-likeness (QED) is 0.278. The van der Waals surface area contributed by atoms with Gasteiger partial charge in [-0.3, -0.25) is 14.4 Å². The van der Waals surface area contributed by atoms with Crippen molar-refractivity contribution in [1.29, 1.82) is 0 Å². The molecule has 10 heteroatoms. The van der Waals surface area contributed by atoms with Gasteiger partial charge in [-0.1, -0.05) is 74.5 Å². The van der Waals surface area contributed by atoms with Crippen molar-refractivity contribution in [2.75, 3.05) is 6.54 Å². The molecule has 2 aromatic carbocycles. The van der Waals surface area contributed by atoms with Gasteiger partial charge in [0.05, 0.1) is 0 Å². The van der Waals surface area contributed by atoms with Crippen LogP contribution in [0.5, 0.6) is 0 Å². The third-order valence-electron chi connectivity index (χ3n) is 5.51. The summed E-state index contributed by atoms with van der Waals surface area (Å²) in [4.78, 5) is 61.5. The lowest BCUT2D eigenvalue weighted by atomic mass is 10.0. The van der Waals surface area contributed by atoms with Gasteiger partial charge in [0, 0.05) is 19.9 Å². The Morgan fingerprint density at radius 1 is 0.816 bits per heavy atom. The van der Waals surface area contributed by atoms with Crippen LogP contribution in [0.25, 0.3) is 0 Å². The molecular formula is C28H36N4O6. The molecule has 0 radical (unpaired) electrons. The van der Waals surface area contributed by atoms with Crippen molar-refractivity contribution in [3.63, 3.8) is 0 Å². The molecule has 0 aliphatic carbocycles. The Hall–Kier alpha value is -4.21. The highest BCUT2D eigenvalue weighted by atomic mass is 16.5. The number of ether oxygens (including phenoxy) is 1. The maximum absolute atomic E-state index is 13.3. The summed E-state index contributed by atoms with van der Waals surface area (Å²) in [6.07, 6.45) is 0.221. The Labute approximate surface area is 222 Å². The predicted molar refractivity (Wildman–Crippen MR) is 142 cm³/mol. The fourth-order valence-corrected chi connectivity index (χ4v) is 3.61. The SMILES string of the molecule is CC(=O)NCC(C=O)NC(=O)[C@H](Cc1ccccc1)NC(=O)[C@H](CC(C)C)NC(=O)OCc1ccccc1. The van der Waals surface area contributed by atoms with Crippen LogP contribution in [-0.2, 0) is 36.9 Å². The summed E-state index contributed by atoms with van der Waals surface area (Å²) in [5, 5.41) is 10.4. The van der Waals surface area contributed by atoms with Gasteiger partial charge in [0.25, 0.3) is 0 Å². The van der Waals surface area contributed by atoms with Crippen molar-refractivity contribution in [2.45, 2.75) is 58.3 Å². The molecule has 4 N–H and O–H groups in total. The van der Waals surface area contributed by atoms with Gasteiger partial charge in [-0.15, -0.1) is 0 Å². The van der Waals surface area contributed by atoms with E-state index in [0.717, 1.165) is 11.1 Å². The van der Waals surface area contributed by atoms with E-state index in [4.69, 9.17) is 4.74 Å². The summed E-state index contributed by atoms with van der Waals surface area (Å²) < 4.78 is 5.27. The van der Waals surface area contributed by atoms with Crippen molar-refractivity contribution >= 4 is 30.1 Å². The first-order valence-electron chi connectivity index (χ1n) is 12.5. The molecule has 204 valence electrons. The van der Waals surface area contributed by atoms with E-state index in [1.54, 1.807) is 0 Å². The molecule has 1 unspecified atom stereocenters. The number of nitrogens with one attached hydrogen (secondary N) is 4. The number of carbonyl (C=O) groups excluding carboxylic acids is 5. The summed E-state index contributed by atoms with van der Waals surface area (Å²) in [5.74, 6) is -1.45. The first-order chi connectivity index (χ1) is 18.2. The number of amides is 4. The highest BCUT2D eigenvalue weighted by molar-refractivity contribution is 5.92. The summed E-state index contributed by atoms with van der Waals surface area (Å²) >= 11 is 0. The number of aldehydes is 1. The number of alkyl carbamates (subject to hydrolysis) is 1. The van der Waals surface area contributed by atoms with Crippen molar-refractivity contribution in [2.24, 2.45) is 5.92 Å². The number of carbonyl (C=O) groups is 5. The van der Waals surface area contributed by atoms with Crippen LogP contribution in [-0.4, -0.2) is 54.8 Å². The monoisotopic (exact) mass is 524 g/mol. The van der Waals surface area contributed by atoms with Gasteiger partial charge < -0.3 is 30.8 Å². The van der Waals surface area contributed by atoms with Crippen LogP contribution >= 0.6 is 0 Å². The molecule has 0 fully saturated rings. The maximum Gasteiger partial charge on any atom is 0.408 e. The fourth-order valence-electron chi connectivity index (χ4n) is 3.61.